The minimum Gasteiger partial charge on any atom is -0.267 e. The van der Waals surface area contributed by atoms with Gasteiger partial charge in [-0.3, -0.25) is 4.79 Å². The number of amides is 1. The molecule has 0 heterocycles. The normalized spacial score (nSPS) is 11.9. The Labute approximate surface area is 228 Å². The van der Waals surface area contributed by atoms with Crippen LogP contribution < -0.4 is 5.43 Å². The van der Waals surface area contributed by atoms with E-state index < -0.39 is 10.0 Å². The van der Waals surface area contributed by atoms with Crippen molar-refractivity contribution in [2.75, 3.05) is 0 Å². The maximum absolute atomic E-state index is 13.5. The van der Waals surface area contributed by atoms with Gasteiger partial charge in [-0.05, 0) is 66.9 Å². The molecule has 0 fully saturated rings. The average Bonchev–Trinajstić information content (AvgIpc) is 2.92. The third-order valence-electron chi connectivity index (χ3n) is 5.99. The van der Waals surface area contributed by atoms with E-state index in [1.165, 1.54) is 16.4 Å². The molecule has 0 aliphatic heterocycles. The second-order valence-electron chi connectivity index (χ2n) is 8.92. The number of sulfonamides is 1. The van der Waals surface area contributed by atoms with E-state index >= 15 is 0 Å². The minimum absolute atomic E-state index is 0.131. The summed E-state index contributed by atoms with van der Waals surface area (Å²) in [6.45, 7) is 4.16. The highest BCUT2D eigenvalue weighted by Crippen LogP contribution is 2.23. The van der Waals surface area contributed by atoms with Crippen molar-refractivity contribution in [1.29, 1.82) is 0 Å². The van der Waals surface area contributed by atoms with E-state index in [1.807, 2.05) is 68.4 Å². The number of benzene rings is 4. The molecule has 0 unspecified atom stereocenters. The van der Waals surface area contributed by atoms with Gasteiger partial charge in [-0.2, -0.15) is 9.41 Å². The van der Waals surface area contributed by atoms with Crippen molar-refractivity contribution >= 4 is 33.2 Å². The number of hydrogen-bond acceptors (Lipinski definition) is 4. The molecular weight excluding hydrogens is 518 g/mol. The topological polar surface area (TPSA) is 78.8 Å². The zero-order chi connectivity index (χ0) is 27.1. The van der Waals surface area contributed by atoms with E-state index in [9.17, 15) is 13.2 Å². The monoisotopic (exact) mass is 545 g/mol. The van der Waals surface area contributed by atoms with Crippen molar-refractivity contribution in [2.45, 2.75) is 31.8 Å². The second kappa shape index (κ2) is 12.2. The first-order chi connectivity index (χ1) is 18.2. The van der Waals surface area contributed by atoms with E-state index in [-0.39, 0.29) is 23.9 Å². The first-order valence-electron chi connectivity index (χ1n) is 12.0. The van der Waals surface area contributed by atoms with E-state index in [0.717, 1.165) is 22.3 Å². The van der Waals surface area contributed by atoms with Crippen LogP contribution in [0.3, 0.4) is 0 Å². The summed E-state index contributed by atoms with van der Waals surface area (Å²) in [5, 5.41) is 4.69. The summed E-state index contributed by atoms with van der Waals surface area (Å²) in [5.74, 6) is -0.349. The zero-order valence-electron chi connectivity index (χ0n) is 21.1. The molecular formula is C30H28ClN3O3S. The van der Waals surface area contributed by atoms with Gasteiger partial charge in [-0.15, -0.1) is 0 Å². The molecule has 0 spiro atoms. The summed E-state index contributed by atoms with van der Waals surface area (Å²) < 4.78 is 28.4. The molecule has 0 bridgehead atoms. The molecule has 6 nitrogen and oxygen atoms in total. The second-order valence-corrected chi connectivity index (χ2v) is 11.3. The number of aryl methyl sites for hydroxylation is 1. The van der Waals surface area contributed by atoms with Crippen LogP contribution in [0.2, 0.25) is 5.02 Å². The predicted octanol–water partition coefficient (Wildman–Crippen LogP) is 6.19. The number of hydrogen-bond donors (Lipinski definition) is 1. The van der Waals surface area contributed by atoms with Crippen LogP contribution in [0.4, 0.5) is 0 Å². The summed E-state index contributed by atoms with van der Waals surface area (Å²) >= 11 is 5.97. The Hall–Kier alpha value is -3.78. The van der Waals surface area contributed by atoms with Crippen LogP contribution in [-0.4, -0.2) is 24.3 Å². The SMILES string of the molecule is C/C(=N/NC(=O)c1ccc(CN(Cc2ccccc2)S(=O)(=O)c2ccc(Cl)cc2)cc1)c1cccc(C)c1. The van der Waals surface area contributed by atoms with Crippen LogP contribution in [0.5, 0.6) is 0 Å². The summed E-state index contributed by atoms with van der Waals surface area (Å²) in [6.07, 6.45) is 0. The van der Waals surface area contributed by atoms with Gasteiger partial charge in [-0.1, -0.05) is 83.9 Å². The fraction of sp³-hybridized carbons (Fsp3) is 0.133. The quantitative estimate of drug-likeness (QED) is 0.201. The van der Waals surface area contributed by atoms with Crippen LogP contribution in [0.15, 0.2) is 113 Å². The lowest BCUT2D eigenvalue weighted by Gasteiger charge is -2.23. The highest BCUT2D eigenvalue weighted by Gasteiger charge is 2.25. The molecule has 0 aliphatic rings. The van der Waals surface area contributed by atoms with Gasteiger partial charge >= 0.3 is 0 Å². The largest absolute Gasteiger partial charge is 0.271 e. The molecule has 4 aromatic carbocycles. The van der Waals surface area contributed by atoms with E-state index in [0.29, 0.717) is 16.3 Å². The Balaban J connectivity index is 1.51. The Bertz CT molecular complexity index is 1540. The number of halogens is 1. The maximum Gasteiger partial charge on any atom is 0.271 e. The molecule has 0 atom stereocenters. The molecule has 0 aromatic heterocycles. The van der Waals surface area contributed by atoms with Crippen LogP contribution in [0.1, 0.15) is 39.5 Å². The molecule has 194 valence electrons. The van der Waals surface area contributed by atoms with Crippen LogP contribution in [0.25, 0.3) is 0 Å². The van der Waals surface area contributed by atoms with Gasteiger partial charge in [0, 0.05) is 23.7 Å². The van der Waals surface area contributed by atoms with E-state index in [2.05, 4.69) is 10.5 Å². The Morgan fingerprint density at radius 2 is 1.45 bits per heavy atom. The number of carbonyl (C=O) groups excluding carboxylic acids is 1. The van der Waals surface area contributed by atoms with Crippen molar-refractivity contribution in [2.24, 2.45) is 5.10 Å². The van der Waals surface area contributed by atoms with Gasteiger partial charge in [0.25, 0.3) is 5.91 Å². The van der Waals surface area contributed by atoms with E-state index in [1.54, 1.807) is 36.4 Å². The molecule has 8 heteroatoms. The summed E-state index contributed by atoms with van der Waals surface area (Å²) in [5.41, 5.74) is 7.36. The number of rotatable bonds is 9. The van der Waals surface area contributed by atoms with Crippen molar-refractivity contribution in [3.05, 3.63) is 136 Å². The van der Waals surface area contributed by atoms with Gasteiger partial charge in [0.2, 0.25) is 10.0 Å². The molecule has 4 rings (SSSR count). The molecule has 1 N–H and O–H groups in total. The predicted molar refractivity (Wildman–Crippen MR) is 152 cm³/mol. The lowest BCUT2D eigenvalue weighted by atomic mass is 10.1. The third-order valence-corrected chi connectivity index (χ3v) is 8.05. The van der Waals surface area contributed by atoms with Crippen molar-refractivity contribution in [3.8, 4) is 0 Å². The van der Waals surface area contributed by atoms with Gasteiger partial charge in [0.05, 0.1) is 10.6 Å². The molecule has 0 aliphatic carbocycles. The van der Waals surface area contributed by atoms with Crippen LogP contribution in [-0.2, 0) is 23.1 Å². The summed E-state index contributed by atoms with van der Waals surface area (Å²) in [4.78, 5) is 12.8. The lowest BCUT2D eigenvalue weighted by Crippen LogP contribution is -2.30. The minimum atomic E-state index is -3.81. The fourth-order valence-electron chi connectivity index (χ4n) is 3.87. The maximum atomic E-state index is 13.5. The Morgan fingerprint density at radius 1 is 0.816 bits per heavy atom. The highest BCUT2D eigenvalue weighted by molar-refractivity contribution is 7.89. The van der Waals surface area contributed by atoms with Crippen molar-refractivity contribution < 1.29 is 13.2 Å². The van der Waals surface area contributed by atoms with Gasteiger partial charge in [0.15, 0.2) is 0 Å². The first-order valence-corrected chi connectivity index (χ1v) is 13.8. The lowest BCUT2D eigenvalue weighted by molar-refractivity contribution is 0.0955. The smallest absolute Gasteiger partial charge is 0.267 e. The summed E-state index contributed by atoms with van der Waals surface area (Å²) in [7, 11) is -3.81. The average molecular weight is 546 g/mol. The Kier molecular flexibility index (Phi) is 8.73. The molecule has 0 radical (unpaired) electrons. The number of nitrogens with zero attached hydrogens (tertiary/aromatic N) is 2. The standard InChI is InChI=1S/C30H28ClN3O3S/c1-22-7-6-10-27(19-22)23(2)32-33-30(35)26-13-11-25(12-14-26)21-34(20-24-8-4-3-5-9-24)38(36,37)29-17-15-28(31)16-18-29/h3-19H,20-21H2,1-2H3,(H,33,35)/b32-23-. The first kappa shape index (κ1) is 27.3. The van der Waals surface area contributed by atoms with Crippen LogP contribution in [0, 0.1) is 6.92 Å². The molecule has 1 amide bonds. The number of hydrazone groups is 1. The van der Waals surface area contributed by atoms with Gasteiger partial charge < -0.3 is 0 Å². The van der Waals surface area contributed by atoms with Crippen molar-refractivity contribution in [1.82, 2.24) is 9.73 Å². The van der Waals surface area contributed by atoms with Gasteiger partial charge in [0.1, 0.15) is 0 Å². The number of nitrogens with one attached hydrogen (secondary N) is 1. The molecule has 38 heavy (non-hydrogen) atoms. The highest BCUT2D eigenvalue weighted by atomic mass is 35.5. The third kappa shape index (κ3) is 6.95. The molecule has 0 saturated carbocycles. The van der Waals surface area contributed by atoms with Gasteiger partial charge in [-0.25, -0.2) is 13.8 Å². The van der Waals surface area contributed by atoms with Crippen molar-refractivity contribution in [3.63, 3.8) is 0 Å². The zero-order valence-corrected chi connectivity index (χ0v) is 22.7. The fourth-order valence-corrected chi connectivity index (χ4v) is 5.41. The van der Waals surface area contributed by atoms with E-state index in [4.69, 9.17) is 11.6 Å². The molecule has 0 saturated heterocycles. The Morgan fingerprint density at radius 3 is 2.08 bits per heavy atom. The molecule has 4 aromatic rings. The summed E-state index contributed by atoms with van der Waals surface area (Å²) in [6, 6.07) is 30.2. The number of carbonyl (C=O) groups is 1. The van der Waals surface area contributed by atoms with Crippen LogP contribution >= 0.6 is 11.6 Å².